The van der Waals surface area contributed by atoms with Crippen molar-refractivity contribution in [3.8, 4) is 17.6 Å². The van der Waals surface area contributed by atoms with Gasteiger partial charge in [-0.15, -0.1) is 0 Å². The summed E-state index contributed by atoms with van der Waals surface area (Å²) in [6.45, 7) is 0.573. The maximum atomic E-state index is 12.1. The molecule has 2 rings (SSSR count). The highest BCUT2D eigenvalue weighted by atomic mass is 16.3. The number of carbonyl (C=O) groups excluding carboxylic acids is 1. The molecule has 1 aromatic carbocycles. The van der Waals surface area contributed by atoms with Crippen molar-refractivity contribution in [2.45, 2.75) is 38.5 Å². The van der Waals surface area contributed by atoms with Gasteiger partial charge in [-0.2, -0.15) is 5.26 Å². The number of hydrogen-bond acceptors (Lipinski definition) is 4. The molecule has 0 aromatic heterocycles. The van der Waals surface area contributed by atoms with Gasteiger partial charge < -0.3 is 15.5 Å². The number of nitrogens with zero attached hydrogens (tertiary/aromatic N) is 1. The van der Waals surface area contributed by atoms with Crippen LogP contribution in [0.5, 0.6) is 11.5 Å². The van der Waals surface area contributed by atoms with Gasteiger partial charge in [0.25, 0.3) is 5.91 Å². The quantitative estimate of drug-likeness (QED) is 0.442. The van der Waals surface area contributed by atoms with Crippen LogP contribution in [0.4, 0.5) is 0 Å². The third kappa shape index (κ3) is 5.03. The third-order valence-electron chi connectivity index (χ3n) is 4.24. The lowest BCUT2D eigenvalue weighted by Crippen LogP contribution is -2.27. The zero-order valence-electron chi connectivity index (χ0n) is 13.1. The number of aromatic hydroxyl groups is 2. The van der Waals surface area contributed by atoms with Crippen molar-refractivity contribution in [3.63, 3.8) is 0 Å². The van der Waals surface area contributed by atoms with Crippen molar-refractivity contribution in [2.24, 2.45) is 5.92 Å². The molecular weight excluding hydrogens is 292 g/mol. The van der Waals surface area contributed by atoms with Crippen LogP contribution in [-0.4, -0.2) is 22.7 Å². The van der Waals surface area contributed by atoms with Crippen LogP contribution >= 0.6 is 0 Å². The number of benzene rings is 1. The van der Waals surface area contributed by atoms with Crippen LogP contribution in [0.3, 0.4) is 0 Å². The van der Waals surface area contributed by atoms with E-state index < -0.39 is 5.91 Å². The summed E-state index contributed by atoms with van der Waals surface area (Å²) in [5.41, 5.74) is 0.470. The van der Waals surface area contributed by atoms with Crippen LogP contribution in [0.2, 0.25) is 0 Å². The van der Waals surface area contributed by atoms with Gasteiger partial charge in [0, 0.05) is 6.54 Å². The van der Waals surface area contributed by atoms with Crippen LogP contribution in [0.1, 0.15) is 44.1 Å². The molecule has 1 fully saturated rings. The summed E-state index contributed by atoms with van der Waals surface area (Å²) >= 11 is 0. The minimum Gasteiger partial charge on any atom is -0.504 e. The van der Waals surface area contributed by atoms with Crippen molar-refractivity contribution in [2.75, 3.05) is 6.54 Å². The summed E-state index contributed by atoms with van der Waals surface area (Å²) < 4.78 is 0. The Kier molecular flexibility index (Phi) is 6.04. The van der Waals surface area contributed by atoms with E-state index in [1.165, 1.54) is 56.4 Å². The van der Waals surface area contributed by atoms with E-state index in [9.17, 15) is 15.0 Å². The van der Waals surface area contributed by atoms with Gasteiger partial charge in [0.05, 0.1) is 0 Å². The maximum Gasteiger partial charge on any atom is 0.261 e. The zero-order chi connectivity index (χ0) is 16.7. The van der Waals surface area contributed by atoms with Crippen molar-refractivity contribution >= 4 is 12.0 Å². The molecule has 3 N–H and O–H groups in total. The van der Waals surface area contributed by atoms with Crippen LogP contribution in [0, 0.1) is 17.2 Å². The van der Waals surface area contributed by atoms with E-state index in [2.05, 4.69) is 5.32 Å². The lowest BCUT2D eigenvalue weighted by molar-refractivity contribution is -0.117. The minimum atomic E-state index is -0.407. The van der Waals surface area contributed by atoms with Crippen LogP contribution in [0.15, 0.2) is 23.8 Å². The standard InChI is InChI=1S/C18H22N2O3/c19-12-15(10-14-6-7-16(21)17(22)11-14)18(23)20-9-8-13-4-2-1-3-5-13/h6-7,10-11,13,21-22H,1-5,8-9H2,(H,20,23)/b15-10+. The summed E-state index contributed by atoms with van der Waals surface area (Å²) in [5, 5.41) is 30.6. The number of phenols is 2. The second-order valence-electron chi connectivity index (χ2n) is 5.97. The van der Waals surface area contributed by atoms with Crippen LogP contribution < -0.4 is 5.32 Å². The topological polar surface area (TPSA) is 93.3 Å². The SMILES string of the molecule is N#C/C(=C\c1ccc(O)c(O)c1)C(=O)NCCC1CCCCC1. The Morgan fingerprint density at radius 3 is 2.65 bits per heavy atom. The number of carbonyl (C=O) groups is 1. The Morgan fingerprint density at radius 2 is 2.00 bits per heavy atom. The van der Waals surface area contributed by atoms with Gasteiger partial charge in [-0.3, -0.25) is 4.79 Å². The number of nitrogens with one attached hydrogen (secondary N) is 1. The third-order valence-corrected chi connectivity index (χ3v) is 4.24. The number of amides is 1. The summed E-state index contributed by atoms with van der Waals surface area (Å²) in [6, 6.07) is 6.03. The fourth-order valence-electron chi connectivity index (χ4n) is 2.91. The average molecular weight is 314 g/mol. The Bertz CT molecular complexity index is 626. The van der Waals surface area contributed by atoms with E-state index in [1.807, 2.05) is 6.07 Å². The first-order chi connectivity index (χ1) is 11.1. The molecular formula is C18H22N2O3. The molecule has 0 heterocycles. The highest BCUT2D eigenvalue weighted by Gasteiger charge is 2.14. The first-order valence-electron chi connectivity index (χ1n) is 8.02. The van der Waals surface area contributed by atoms with Gasteiger partial charge in [-0.1, -0.05) is 38.2 Å². The fraction of sp³-hybridized carbons (Fsp3) is 0.444. The zero-order valence-corrected chi connectivity index (χ0v) is 13.1. The average Bonchev–Trinajstić information content (AvgIpc) is 2.56. The summed E-state index contributed by atoms with van der Waals surface area (Å²) in [6.07, 6.45) is 8.65. The van der Waals surface area contributed by atoms with E-state index in [0.717, 1.165) is 6.42 Å². The largest absolute Gasteiger partial charge is 0.504 e. The normalized spacial score (nSPS) is 15.9. The second-order valence-corrected chi connectivity index (χ2v) is 5.97. The highest BCUT2D eigenvalue weighted by molar-refractivity contribution is 6.01. The van der Waals surface area contributed by atoms with Gasteiger partial charge in [0.2, 0.25) is 0 Å². The molecule has 23 heavy (non-hydrogen) atoms. The first kappa shape index (κ1) is 16.9. The number of nitriles is 1. The summed E-state index contributed by atoms with van der Waals surface area (Å²) in [4.78, 5) is 12.1. The lowest BCUT2D eigenvalue weighted by atomic mass is 9.87. The highest BCUT2D eigenvalue weighted by Crippen LogP contribution is 2.26. The number of rotatable bonds is 5. The lowest BCUT2D eigenvalue weighted by Gasteiger charge is -2.21. The predicted octanol–water partition coefficient (Wildman–Crippen LogP) is 3.09. The van der Waals surface area contributed by atoms with E-state index >= 15 is 0 Å². The van der Waals surface area contributed by atoms with Gasteiger partial charge >= 0.3 is 0 Å². The molecule has 5 nitrogen and oxygen atoms in total. The van der Waals surface area contributed by atoms with Crippen LogP contribution in [-0.2, 0) is 4.79 Å². The van der Waals surface area contributed by atoms with Crippen molar-refractivity contribution < 1.29 is 15.0 Å². The molecule has 1 saturated carbocycles. The Balaban J connectivity index is 1.91. The van der Waals surface area contributed by atoms with Gasteiger partial charge in [-0.05, 0) is 36.1 Å². The molecule has 0 aliphatic heterocycles. The van der Waals surface area contributed by atoms with Gasteiger partial charge in [0.1, 0.15) is 11.6 Å². The molecule has 1 amide bonds. The number of hydrogen-bond donors (Lipinski definition) is 3. The minimum absolute atomic E-state index is 0.0151. The van der Waals surface area contributed by atoms with E-state index in [4.69, 9.17) is 5.26 Å². The molecule has 122 valence electrons. The van der Waals surface area contributed by atoms with E-state index in [0.29, 0.717) is 18.0 Å². The Hall–Kier alpha value is -2.48. The molecule has 5 heteroatoms. The van der Waals surface area contributed by atoms with Crippen LogP contribution in [0.25, 0.3) is 6.08 Å². The maximum absolute atomic E-state index is 12.1. The molecule has 1 aliphatic carbocycles. The molecule has 0 atom stereocenters. The first-order valence-corrected chi connectivity index (χ1v) is 8.02. The Morgan fingerprint density at radius 1 is 1.26 bits per heavy atom. The van der Waals surface area contributed by atoms with Gasteiger partial charge in [0.15, 0.2) is 11.5 Å². The smallest absolute Gasteiger partial charge is 0.261 e. The molecule has 0 spiro atoms. The summed E-state index contributed by atoms with van der Waals surface area (Å²) in [7, 11) is 0. The monoisotopic (exact) mass is 314 g/mol. The molecule has 1 aromatic rings. The van der Waals surface area contributed by atoms with E-state index in [-0.39, 0.29) is 17.1 Å². The van der Waals surface area contributed by atoms with Gasteiger partial charge in [-0.25, -0.2) is 0 Å². The molecule has 0 saturated heterocycles. The van der Waals surface area contributed by atoms with Crippen molar-refractivity contribution in [1.82, 2.24) is 5.32 Å². The fourth-order valence-corrected chi connectivity index (χ4v) is 2.91. The molecule has 0 radical (unpaired) electrons. The number of phenolic OH excluding ortho intramolecular Hbond substituents is 2. The summed E-state index contributed by atoms with van der Waals surface area (Å²) in [5.74, 6) is -0.255. The van der Waals surface area contributed by atoms with Crippen molar-refractivity contribution in [3.05, 3.63) is 29.3 Å². The molecule has 0 bridgehead atoms. The van der Waals surface area contributed by atoms with E-state index in [1.54, 1.807) is 0 Å². The predicted molar refractivity (Wildman–Crippen MR) is 87.6 cm³/mol. The molecule has 1 aliphatic rings. The Labute approximate surface area is 136 Å². The second kappa shape index (κ2) is 8.23. The molecule has 0 unspecified atom stereocenters. The van der Waals surface area contributed by atoms with Crippen molar-refractivity contribution in [1.29, 1.82) is 5.26 Å².